The van der Waals surface area contributed by atoms with Crippen molar-refractivity contribution < 1.29 is 61.4 Å². The summed E-state index contributed by atoms with van der Waals surface area (Å²) in [6.07, 6.45) is 29.4. The highest BCUT2D eigenvalue weighted by Gasteiger charge is 2.54. The van der Waals surface area contributed by atoms with Crippen LogP contribution in [0.25, 0.3) is 0 Å². The highest BCUT2D eigenvalue weighted by Crippen LogP contribution is 2.47. The third-order valence-electron chi connectivity index (χ3n) is 12.2. The van der Waals surface area contributed by atoms with E-state index in [1.54, 1.807) is 6.08 Å². The van der Waals surface area contributed by atoms with Crippen LogP contribution in [0.3, 0.4) is 0 Å². The van der Waals surface area contributed by atoms with Crippen LogP contribution in [0.4, 0.5) is 0 Å². The number of allylic oxidation sites excluding steroid dienone is 17. The Bertz CT molecular complexity index is 2080. The van der Waals surface area contributed by atoms with Gasteiger partial charge in [-0.1, -0.05) is 105 Å². The fraction of sp³-hybridized carbons (Fsp3) is 0.627. The highest BCUT2D eigenvalue weighted by molar-refractivity contribution is 7.47. The van der Waals surface area contributed by atoms with E-state index >= 15 is 0 Å². The van der Waals surface area contributed by atoms with Crippen LogP contribution >= 0.6 is 7.82 Å². The van der Waals surface area contributed by atoms with Gasteiger partial charge < -0.3 is 28.6 Å². The van der Waals surface area contributed by atoms with Crippen molar-refractivity contribution in [3.05, 3.63) is 105 Å². The molecule has 412 valence electrons. The fourth-order valence-corrected chi connectivity index (χ4v) is 8.69. The van der Waals surface area contributed by atoms with Crippen molar-refractivity contribution in [3.63, 3.8) is 0 Å². The molecule has 0 aromatic rings. The zero-order valence-corrected chi connectivity index (χ0v) is 48.0. The first-order chi connectivity index (χ1) is 34.4. The fourth-order valence-electron chi connectivity index (χ4n) is 7.94. The number of phosphoric ester groups is 1. The Morgan fingerprint density at radius 3 is 1.04 bits per heavy atom. The molecule has 0 bridgehead atoms. The van der Waals surface area contributed by atoms with E-state index in [1.807, 2.05) is 6.92 Å². The van der Waals surface area contributed by atoms with Crippen LogP contribution in [0.2, 0.25) is 0 Å². The molecule has 1 rings (SSSR count). The molecule has 1 aliphatic heterocycles. The lowest BCUT2D eigenvalue weighted by molar-refractivity contribution is -0.291. The van der Waals surface area contributed by atoms with Crippen LogP contribution in [0.1, 0.15) is 200 Å². The van der Waals surface area contributed by atoms with Gasteiger partial charge >= 0.3 is 31.7 Å². The maximum Gasteiger partial charge on any atom is 0.474 e. The van der Waals surface area contributed by atoms with E-state index in [1.165, 1.54) is 44.6 Å². The number of esters is 4. The Morgan fingerprint density at radius 1 is 0.425 bits per heavy atom. The van der Waals surface area contributed by atoms with Gasteiger partial charge in [0.25, 0.3) is 0 Å². The molecule has 73 heavy (non-hydrogen) atoms. The van der Waals surface area contributed by atoms with Crippen molar-refractivity contribution in [1.82, 2.24) is 0 Å². The molecule has 6 atom stereocenters. The van der Waals surface area contributed by atoms with Gasteiger partial charge in [-0.25, -0.2) is 4.57 Å². The maximum absolute atomic E-state index is 13.1. The Kier molecular flexibility index (Phi) is 34.1. The quantitative estimate of drug-likeness (QED) is 0.0280. The molecule has 1 unspecified atom stereocenters. The standard InChI is InChI=1S/C59H93O13P/c1-42(2)23-15-24-43(3)25-16-26-44(4)27-17-28-45(5)29-18-30-46(6)31-19-32-47(7)33-20-34-48(8)35-21-36-49(9)37-22-38-50(10)39-40-67-73(64,65)72-59-58(70-54(14)63)57(69-53(13)62)56(68-52(12)61)55(71-59)41-66-51(11)60/h23,25,27,29,31,33,35,37,39,55-59H,15-22,24,26,28,30,32,34,36,38,40-41H2,1-14H3,(H,64,65)/b43-25+,44-27+,45-29+,46-31+,47-33+,48-35+,49-37+,50-39+/t55-,56-,57+,58+,59-/m1/s1. The molecule has 1 heterocycles. The number of carbonyl (C=O) groups is 4. The molecule has 0 amide bonds. The van der Waals surface area contributed by atoms with E-state index in [0.29, 0.717) is 6.42 Å². The zero-order chi connectivity index (χ0) is 54.9. The van der Waals surface area contributed by atoms with E-state index in [2.05, 4.69) is 111 Å². The van der Waals surface area contributed by atoms with Crippen molar-refractivity contribution in [1.29, 1.82) is 0 Å². The van der Waals surface area contributed by atoms with Crippen LogP contribution in [0.15, 0.2) is 105 Å². The van der Waals surface area contributed by atoms with E-state index < -0.39 is 69.0 Å². The molecule has 1 fully saturated rings. The number of carbonyl (C=O) groups excluding carboxylic acids is 4. The largest absolute Gasteiger partial charge is 0.474 e. The Morgan fingerprint density at radius 2 is 0.726 bits per heavy atom. The number of phosphoric acid groups is 1. The summed E-state index contributed by atoms with van der Waals surface area (Å²) in [5.41, 5.74) is 12.4. The van der Waals surface area contributed by atoms with E-state index in [4.69, 9.17) is 32.7 Å². The minimum atomic E-state index is -4.91. The third kappa shape index (κ3) is 33.9. The van der Waals surface area contributed by atoms with Gasteiger partial charge in [0.15, 0.2) is 18.3 Å². The predicted molar refractivity (Wildman–Crippen MR) is 292 cm³/mol. The molecule has 1 N–H and O–H groups in total. The second kappa shape index (κ2) is 37.4. The highest BCUT2D eigenvalue weighted by atomic mass is 31.2. The summed E-state index contributed by atoms with van der Waals surface area (Å²) in [7, 11) is -4.91. The summed E-state index contributed by atoms with van der Waals surface area (Å²) in [6, 6.07) is 0. The molecule has 0 aliphatic carbocycles. The molecule has 1 aliphatic rings. The first-order valence-corrected chi connectivity index (χ1v) is 27.7. The average molecular weight is 1040 g/mol. The van der Waals surface area contributed by atoms with E-state index in [0.717, 1.165) is 130 Å². The molecular formula is C59H93O13P. The molecule has 0 aromatic carbocycles. The van der Waals surface area contributed by atoms with Crippen molar-refractivity contribution in [2.45, 2.75) is 230 Å². The smallest absolute Gasteiger partial charge is 0.463 e. The van der Waals surface area contributed by atoms with Crippen molar-refractivity contribution in [2.24, 2.45) is 0 Å². The van der Waals surface area contributed by atoms with Crippen LogP contribution in [0, 0.1) is 0 Å². The van der Waals surface area contributed by atoms with E-state index in [-0.39, 0.29) is 6.61 Å². The summed E-state index contributed by atoms with van der Waals surface area (Å²) in [5.74, 6) is -3.26. The number of hydrogen-bond donors (Lipinski definition) is 1. The minimum Gasteiger partial charge on any atom is -0.463 e. The summed E-state index contributed by atoms with van der Waals surface area (Å²) >= 11 is 0. The summed E-state index contributed by atoms with van der Waals surface area (Å²) in [4.78, 5) is 58.4. The number of hydrogen-bond acceptors (Lipinski definition) is 12. The first-order valence-electron chi connectivity index (χ1n) is 26.2. The summed E-state index contributed by atoms with van der Waals surface area (Å²) in [5, 5.41) is 0. The summed E-state index contributed by atoms with van der Waals surface area (Å²) in [6.45, 7) is 25.3. The van der Waals surface area contributed by atoms with Crippen LogP contribution in [-0.2, 0) is 56.5 Å². The lowest BCUT2D eigenvalue weighted by atomic mass is 9.98. The van der Waals surface area contributed by atoms with Crippen LogP contribution < -0.4 is 0 Å². The maximum atomic E-state index is 13.1. The second-order valence-corrected chi connectivity index (χ2v) is 21.3. The topological polar surface area (TPSA) is 170 Å². The number of rotatable bonds is 34. The molecule has 0 aromatic heterocycles. The molecule has 0 radical (unpaired) electrons. The molecule has 13 nitrogen and oxygen atoms in total. The third-order valence-corrected chi connectivity index (χ3v) is 13.1. The van der Waals surface area contributed by atoms with Gasteiger partial charge in [0.2, 0.25) is 6.29 Å². The molecule has 14 heteroatoms. The van der Waals surface area contributed by atoms with Gasteiger partial charge in [0, 0.05) is 27.7 Å². The molecule has 0 spiro atoms. The Balaban J connectivity index is 2.52. The minimum absolute atomic E-state index is 0.295. The van der Waals surface area contributed by atoms with Crippen molar-refractivity contribution >= 4 is 31.7 Å². The summed E-state index contributed by atoms with van der Waals surface area (Å²) < 4.78 is 50.3. The molecular weight excluding hydrogens is 948 g/mol. The van der Waals surface area contributed by atoms with Crippen molar-refractivity contribution in [2.75, 3.05) is 13.2 Å². The first kappa shape index (κ1) is 66.6. The Hall–Kier alpha value is -4.39. The number of ether oxygens (including phenoxy) is 5. The molecule has 0 saturated carbocycles. The normalized spacial score (nSPS) is 20.6. The SMILES string of the molecule is CC(=O)OC[C@H]1O[C@H](OP(=O)(O)OC/C=C(\C)CC/C=C(\C)CC/C=C(\C)CC/C=C(\C)CC/C=C(\C)CC/C=C(\C)CC/C=C(\C)CC/C=C(\C)CCC=C(C)C)[C@@H](OC(C)=O)[C@@H](OC(C)=O)[C@@H]1OC(C)=O. The lowest BCUT2D eigenvalue weighted by Gasteiger charge is -2.43. The van der Waals surface area contributed by atoms with Gasteiger partial charge in [-0.15, -0.1) is 0 Å². The van der Waals surface area contributed by atoms with Crippen LogP contribution in [0.5, 0.6) is 0 Å². The van der Waals surface area contributed by atoms with Gasteiger partial charge in [0.05, 0.1) is 6.61 Å². The van der Waals surface area contributed by atoms with Crippen LogP contribution in [-0.4, -0.2) is 72.7 Å². The van der Waals surface area contributed by atoms with E-state index in [9.17, 15) is 28.6 Å². The zero-order valence-electron chi connectivity index (χ0n) is 47.1. The average Bonchev–Trinajstić information content (AvgIpc) is 3.27. The van der Waals surface area contributed by atoms with Gasteiger partial charge in [-0.3, -0.25) is 28.2 Å². The van der Waals surface area contributed by atoms with Gasteiger partial charge in [-0.05, 0) is 172 Å². The lowest BCUT2D eigenvalue weighted by Crippen LogP contribution is -2.62. The monoisotopic (exact) mass is 1040 g/mol. The van der Waals surface area contributed by atoms with Gasteiger partial charge in [-0.2, -0.15) is 0 Å². The second-order valence-electron chi connectivity index (χ2n) is 19.9. The predicted octanol–water partition coefficient (Wildman–Crippen LogP) is 15.0. The van der Waals surface area contributed by atoms with Crippen molar-refractivity contribution in [3.8, 4) is 0 Å². The Labute approximate surface area is 439 Å². The molecule has 1 saturated heterocycles. The van der Waals surface area contributed by atoms with Gasteiger partial charge in [0.1, 0.15) is 12.7 Å².